The van der Waals surface area contributed by atoms with Crippen LogP contribution >= 0.6 is 0 Å². The fourth-order valence-corrected chi connectivity index (χ4v) is 3.31. The van der Waals surface area contributed by atoms with Gasteiger partial charge in [-0.05, 0) is 49.5 Å². The third-order valence-electron chi connectivity index (χ3n) is 5.03. The molecule has 0 aromatic heterocycles. The maximum absolute atomic E-state index is 3.83. The quantitative estimate of drug-likeness (QED) is 0.721. The normalized spacial score (nSPS) is 33.4. The Balaban J connectivity index is 2.56. The highest BCUT2D eigenvalue weighted by Crippen LogP contribution is 2.37. The molecule has 1 heteroatoms. The van der Waals surface area contributed by atoms with Crippen LogP contribution in [0.2, 0.25) is 0 Å². The van der Waals surface area contributed by atoms with Crippen molar-refractivity contribution in [2.24, 2.45) is 23.7 Å². The second-order valence-electron chi connectivity index (χ2n) is 6.39. The van der Waals surface area contributed by atoms with Crippen molar-refractivity contribution in [1.82, 2.24) is 5.32 Å². The predicted octanol–water partition coefficient (Wildman–Crippen LogP) is 4.47. The Morgan fingerprint density at radius 1 is 1.12 bits per heavy atom. The summed E-state index contributed by atoms with van der Waals surface area (Å²) < 4.78 is 0. The first-order chi connectivity index (χ1) is 8.10. The van der Waals surface area contributed by atoms with Crippen LogP contribution in [0.3, 0.4) is 0 Å². The highest BCUT2D eigenvalue weighted by molar-refractivity contribution is 4.86. The van der Waals surface area contributed by atoms with Gasteiger partial charge in [-0.2, -0.15) is 0 Å². The summed E-state index contributed by atoms with van der Waals surface area (Å²) >= 11 is 0. The van der Waals surface area contributed by atoms with Gasteiger partial charge in [0.15, 0.2) is 0 Å². The molecule has 0 aromatic rings. The van der Waals surface area contributed by atoms with E-state index in [-0.39, 0.29) is 0 Å². The topological polar surface area (TPSA) is 12.0 Å². The first kappa shape index (κ1) is 15.0. The van der Waals surface area contributed by atoms with Crippen LogP contribution in [-0.4, -0.2) is 12.6 Å². The molecule has 1 nitrogen and oxygen atoms in total. The fourth-order valence-electron chi connectivity index (χ4n) is 3.31. The van der Waals surface area contributed by atoms with Crippen molar-refractivity contribution in [1.29, 1.82) is 0 Å². The van der Waals surface area contributed by atoms with Crippen LogP contribution in [0.5, 0.6) is 0 Å². The summed E-state index contributed by atoms with van der Waals surface area (Å²) in [5, 5.41) is 3.83. The van der Waals surface area contributed by atoms with Gasteiger partial charge in [0.2, 0.25) is 0 Å². The van der Waals surface area contributed by atoms with Gasteiger partial charge >= 0.3 is 0 Å². The second kappa shape index (κ2) is 7.41. The summed E-state index contributed by atoms with van der Waals surface area (Å²) in [4.78, 5) is 0. The standard InChI is InChI=1S/C16H33N/c1-6-10-17-16(12(3)7-2)15-9-8-13(4)14(5)11-15/h12-17H,6-11H2,1-5H3. The molecule has 0 heterocycles. The van der Waals surface area contributed by atoms with Crippen molar-refractivity contribution in [3.8, 4) is 0 Å². The molecular formula is C16H33N. The number of hydrogen-bond donors (Lipinski definition) is 1. The molecule has 0 spiro atoms. The van der Waals surface area contributed by atoms with Crippen LogP contribution in [0.15, 0.2) is 0 Å². The van der Waals surface area contributed by atoms with Gasteiger partial charge < -0.3 is 5.32 Å². The van der Waals surface area contributed by atoms with Gasteiger partial charge in [-0.1, -0.05) is 47.5 Å². The van der Waals surface area contributed by atoms with E-state index in [1.807, 2.05) is 0 Å². The zero-order chi connectivity index (χ0) is 12.8. The van der Waals surface area contributed by atoms with E-state index in [1.165, 1.54) is 38.6 Å². The molecule has 1 N–H and O–H groups in total. The first-order valence-electron chi connectivity index (χ1n) is 7.83. The van der Waals surface area contributed by atoms with Crippen LogP contribution in [0.1, 0.15) is 66.7 Å². The number of rotatable bonds is 6. The molecule has 0 aliphatic heterocycles. The van der Waals surface area contributed by atoms with E-state index in [0.717, 1.165) is 29.7 Å². The van der Waals surface area contributed by atoms with E-state index < -0.39 is 0 Å². The highest BCUT2D eigenvalue weighted by Gasteiger charge is 2.31. The van der Waals surface area contributed by atoms with E-state index >= 15 is 0 Å². The third-order valence-corrected chi connectivity index (χ3v) is 5.03. The van der Waals surface area contributed by atoms with E-state index in [9.17, 15) is 0 Å². The lowest BCUT2D eigenvalue weighted by Crippen LogP contribution is -2.44. The number of hydrogen-bond acceptors (Lipinski definition) is 1. The van der Waals surface area contributed by atoms with Crippen LogP contribution in [-0.2, 0) is 0 Å². The summed E-state index contributed by atoms with van der Waals surface area (Å²) in [5.74, 6) is 3.61. The molecule has 0 amide bonds. The van der Waals surface area contributed by atoms with Gasteiger partial charge in [-0.15, -0.1) is 0 Å². The lowest BCUT2D eigenvalue weighted by Gasteiger charge is -2.39. The Morgan fingerprint density at radius 2 is 1.82 bits per heavy atom. The molecule has 1 rings (SSSR count). The Hall–Kier alpha value is -0.0400. The molecule has 102 valence electrons. The van der Waals surface area contributed by atoms with Crippen LogP contribution in [0.4, 0.5) is 0 Å². The smallest absolute Gasteiger partial charge is 0.0121 e. The molecule has 1 aliphatic rings. The zero-order valence-corrected chi connectivity index (χ0v) is 12.6. The van der Waals surface area contributed by atoms with Gasteiger partial charge in [0, 0.05) is 6.04 Å². The van der Waals surface area contributed by atoms with Crippen molar-refractivity contribution >= 4 is 0 Å². The van der Waals surface area contributed by atoms with Gasteiger partial charge in [0.05, 0.1) is 0 Å². The molecule has 1 fully saturated rings. The molecule has 1 aliphatic carbocycles. The second-order valence-corrected chi connectivity index (χ2v) is 6.39. The van der Waals surface area contributed by atoms with Crippen molar-refractivity contribution < 1.29 is 0 Å². The monoisotopic (exact) mass is 239 g/mol. The molecule has 0 saturated heterocycles. The minimum absolute atomic E-state index is 0.759. The van der Waals surface area contributed by atoms with Crippen LogP contribution < -0.4 is 5.32 Å². The van der Waals surface area contributed by atoms with Crippen LogP contribution in [0.25, 0.3) is 0 Å². The maximum atomic E-state index is 3.83. The summed E-state index contributed by atoms with van der Waals surface area (Å²) in [6.07, 6.45) is 6.88. The Morgan fingerprint density at radius 3 is 2.35 bits per heavy atom. The summed E-state index contributed by atoms with van der Waals surface area (Å²) in [6.45, 7) is 13.1. The molecule has 5 atom stereocenters. The van der Waals surface area contributed by atoms with Crippen LogP contribution in [0, 0.1) is 23.7 Å². The molecule has 17 heavy (non-hydrogen) atoms. The summed E-state index contributed by atoms with van der Waals surface area (Å²) in [7, 11) is 0. The molecule has 1 saturated carbocycles. The minimum atomic E-state index is 0.759. The molecule has 5 unspecified atom stereocenters. The Kier molecular flexibility index (Phi) is 6.54. The maximum Gasteiger partial charge on any atom is 0.0121 e. The Labute approximate surface area is 109 Å². The average molecular weight is 239 g/mol. The highest BCUT2D eigenvalue weighted by atomic mass is 14.9. The molecule has 0 radical (unpaired) electrons. The number of nitrogens with one attached hydrogen (secondary N) is 1. The van der Waals surface area contributed by atoms with Crippen molar-refractivity contribution in [2.45, 2.75) is 72.8 Å². The first-order valence-corrected chi connectivity index (χ1v) is 7.83. The van der Waals surface area contributed by atoms with Gasteiger partial charge in [0.25, 0.3) is 0 Å². The van der Waals surface area contributed by atoms with E-state index in [0.29, 0.717) is 0 Å². The molecule has 0 bridgehead atoms. The lowest BCUT2D eigenvalue weighted by atomic mass is 9.70. The van der Waals surface area contributed by atoms with E-state index in [4.69, 9.17) is 0 Å². The summed E-state index contributed by atoms with van der Waals surface area (Å²) in [5.41, 5.74) is 0. The molecular weight excluding hydrogens is 206 g/mol. The van der Waals surface area contributed by atoms with Crippen molar-refractivity contribution in [3.63, 3.8) is 0 Å². The predicted molar refractivity (Wildman–Crippen MR) is 77.2 cm³/mol. The van der Waals surface area contributed by atoms with Gasteiger partial charge in [-0.25, -0.2) is 0 Å². The van der Waals surface area contributed by atoms with E-state index in [1.54, 1.807) is 0 Å². The zero-order valence-electron chi connectivity index (χ0n) is 12.6. The summed E-state index contributed by atoms with van der Waals surface area (Å²) in [6, 6.07) is 0.759. The minimum Gasteiger partial charge on any atom is -0.313 e. The largest absolute Gasteiger partial charge is 0.313 e. The SMILES string of the molecule is CCCNC(C(C)CC)C1CCC(C)C(C)C1. The van der Waals surface area contributed by atoms with Gasteiger partial charge in [0.1, 0.15) is 0 Å². The fraction of sp³-hybridized carbons (Fsp3) is 1.00. The van der Waals surface area contributed by atoms with Gasteiger partial charge in [-0.3, -0.25) is 0 Å². The Bertz CT molecular complexity index is 202. The average Bonchev–Trinajstić information content (AvgIpc) is 2.33. The lowest BCUT2D eigenvalue weighted by molar-refractivity contribution is 0.143. The third kappa shape index (κ3) is 4.28. The van der Waals surface area contributed by atoms with Crippen molar-refractivity contribution in [3.05, 3.63) is 0 Å². The van der Waals surface area contributed by atoms with Crippen molar-refractivity contribution in [2.75, 3.05) is 6.54 Å². The van der Waals surface area contributed by atoms with E-state index in [2.05, 4.69) is 39.9 Å². The molecule has 0 aromatic carbocycles.